The minimum Gasteiger partial charge on any atom is -0.756 e. The summed E-state index contributed by atoms with van der Waals surface area (Å²) in [6, 6.07) is -0.902. The number of aliphatic hydroxyl groups excluding tert-OH is 1. The van der Waals surface area contributed by atoms with Crippen molar-refractivity contribution in [3.8, 4) is 0 Å². The zero-order valence-electron chi connectivity index (χ0n) is 58.1. The molecule has 0 rings (SSSR count). The molecule has 9 heteroatoms. The summed E-state index contributed by atoms with van der Waals surface area (Å²) in [4.78, 5) is 25.6. The molecular formula is C76H151N2O6P. The third-order valence-electron chi connectivity index (χ3n) is 17.9. The highest BCUT2D eigenvalue weighted by Gasteiger charge is 2.23. The van der Waals surface area contributed by atoms with Crippen molar-refractivity contribution in [2.24, 2.45) is 0 Å². The van der Waals surface area contributed by atoms with E-state index in [1.807, 2.05) is 27.2 Å². The van der Waals surface area contributed by atoms with Crippen LogP contribution in [0, 0.1) is 0 Å². The molecule has 8 nitrogen and oxygen atoms in total. The number of amides is 1. The molecule has 506 valence electrons. The van der Waals surface area contributed by atoms with Crippen molar-refractivity contribution in [2.45, 2.75) is 418 Å². The molecule has 0 bridgehead atoms. The van der Waals surface area contributed by atoms with Crippen LogP contribution < -0.4 is 10.2 Å². The number of unbranched alkanes of at least 4 members (excludes halogenated alkanes) is 57. The van der Waals surface area contributed by atoms with Gasteiger partial charge in [0, 0.05) is 6.42 Å². The van der Waals surface area contributed by atoms with Crippen LogP contribution in [0.5, 0.6) is 0 Å². The number of carbonyl (C=O) groups excluding carboxylic acids is 1. The minimum absolute atomic E-state index is 0.00337. The van der Waals surface area contributed by atoms with Gasteiger partial charge in [-0.15, -0.1) is 0 Å². The number of phosphoric acid groups is 1. The van der Waals surface area contributed by atoms with Gasteiger partial charge in [-0.1, -0.05) is 391 Å². The Morgan fingerprint density at radius 3 is 0.953 bits per heavy atom. The molecular weight excluding hydrogens is 1070 g/mol. The van der Waals surface area contributed by atoms with Crippen LogP contribution in [-0.2, 0) is 18.4 Å². The topological polar surface area (TPSA) is 108 Å². The fourth-order valence-electron chi connectivity index (χ4n) is 12.0. The molecule has 0 aliphatic carbocycles. The van der Waals surface area contributed by atoms with Gasteiger partial charge in [-0.3, -0.25) is 9.36 Å². The average molecular weight is 1220 g/mol. The Hall–Kier alpha value is -1.02. The summed E-state index contributed by atoms with van der Waals surface area (Å²) in [5, 5.41) is 14.0. The number of nitrogens with zero attached hydrogens (tertiary/aromatic N) is 1. The van der Waals surface area contributed by atoms with Crippen molar-refractivity contribution in [1.82, 2.24) is 5.32 Å². The third kappa shape index (κ3) is 70.3. The number of hydrogen-bond donors (Lipinski definition) is 2. The average Bonchev–Trinajstić information content (AvgIpc) is 3.49. The van der Waals surface area contributed by atoms with Gasteiger partial charge < -0.3 is 28.8 Å². The SMILES string of the molecule is CCCCCCCCCCCCCCCCCCCC/C=C/CC/C=C/C(O)C(COP(=O)([O-])OCC[N+](C)(C)C)NC(=O)CCCCCCCCCCCCCCCCCCCCCCCCCCCCCCCCCCCCCCCCC. The van der Waals surface area contributed by atoms with Crippen LogP contribution in [0.1, 0.15) is 406 Å². The van der Waals surface area contributed by atoms with Crippen LogP contribution in [0.2, 0.25) is 0 Å². The van der Waals surface area contributed by atoms with E-state index in [0.29, 0.717) is 17.4 Å². The lowest BCUT2D eigenvalue weighted by atomic mass is 10.0. The lowest BCUT2D eigenvalue weighted by molar-refractivity contribution is -0.870. The van der Waals surface area contributed by atoms with Crippen molar-refractivity contribution in [1.29, 1.82) is 0 Å². The Labute approximate surface area is 532 Å². The van der Waals surface area contributed by atoms with Crippen LogP contribution >= 0.6 is 7.82 Å². The Bertz CT molecular complexity index is 1430. The summed E-state index contributed by atoms with van der Waals surface area (Å²) in [7, 11) is 1.27. The lowest BCUT2D eigenvalue weighted by Crippen LogP contribution is -2.45. The quantitative estimate of drug-likeness (QED) is 0.0272. The number of allylic oxidation sites excluding steroid dienone is 3. The molecule has 0 radical (unpaired) electrons. The number of quaternary nitrogens is 1. The standard InChI is InChI=1S/C76H151N2O6P/c1-6-8-10-12-14-16-18-20-22-24-26-28-30-32-33-34-35-36-37-38-39-40-41-42-43-44-45-46-48-50-52-54-56-58-60-62-64-66-68-70-76(80)77-74(73-84-85(81,82)83-72-71-78(3,4)5)75(79)69-67-65-63-61-59-57-55-53-51-49-47-31-29-27-25-23-21-19-17-15-13-11-9-7-2/h59,61,67,69,74-75,79H,6-58,60,62-66,68,70-73H2,1-5H3,(H-,77,80,81,82)/b61-59+,69-67+. The molecule has 0 saturated heterocycles. The highest BCUT2D eigenvalue weighted by Crippen LogP contribution is 2.38. The molecule has 0 aromatic carbocycles. The summed E-state index contributed by atoms with van der Waals surface area (Å²) in [5.74, 6) is -0.197. The Balaban J connectivity index is 3.93. The molecule has 2 N–H and O–H groups in total. The maximum atomic E-state index is 13.0. The van der Waals surface area contributed by atoms with Gasteiger partial charge in [-0.05, 0) is 32.1 Å². The summed E-state index contributed by atoms with van der Waals surface area (Å²) >= 11 is 0. The summed E-state index contributed by atoms with van der Waals surface area (Å²) in [6.45, 7) is 4.70. The molecule has 0 aliphatic rings. The summed E-state index contributed by atoms with van der Waals surface area (Å²) in [5.41, 5.74) is 0. The fourth-order valence-corrected chi connectivity index (χ4v) is 12.7. The molecule has 0 saturated carbocycles. The zero-order valence-corrected chi connectivity index (χ0v) is 59.0. The second-order valence-electron chi connectivity index (χ2n) is 27.7. The number of aliphatic hydroxyl groups is 1. The van der Waals surface area contributed by atoms with Gasteiger partial charge in [-0.25, -0.2) is 0 Å². The predicted octanol–water partition coefficient (Wildman–Crippen LogP) is 24.0. The molecule has 0 aliphatic heterocycles. The maximum Gasteiger partial charge on any atom is 0.268 e. The first-order valence-corrected chi connectivity index (χ1v) is 39.7. The molecule has 85 heavy (non-hydrogen) atoms. The fraction of sp³-hybridized carbons (Fsp3) is 0.934. The van der Waals surface area contributed by atoms with Crippen molar-refractivity contribution in [3.05, 3.63) is 24.3 Å². The molecule has 0 aromatic rings. The van der Waals surface area contributed by atoms with E-state index in [2.05, 4.69) is 31.3 Å². The van der Waals surface area contributed by atoms with Crippen molar-refractivity contribution >= 4 is 13.7 Å². The van der Waals surface area contributed by atoms with Crippen molar-refractivity contribution < 1.29 is 32.9 Å². The van der Waals surface area contributed by atoms with Crippen molar-refractivity contribution in [3.63, 3.8) is 0 Å². The molecule has 0 fully saturated rings. The normalized spacial score (nSPS) is 13.6. The Morgan fingerprint density at radius 1 is 0.400 bits per heavy atom. The van der Waals surface area contributed by atoms with E-state index < -0.39 is 20.0 Å². The van der Waals surface area contributed by atoms with Gasteiger partial charge in [0.15, 0.2) is 0 Å². The highest BCUT2D eigenvalue weighted by atomic mass is 31.2. The molecule has 0 heterocycles. The number of phosphoric ester groups is 1. The largest absolute Gasteiger partial charge is 0.756 e. The maximum absolute atomic E-state index is 13.0. The van der Waals surface area contributed by atoms with E-state index in [1.165, 1.54) is 347 Å². The van der Waals surface area contributed by atoms with Crippen LogP contribution in [0.3, 0.4) is 0 Å². The first kappa shape index (κ1) is 84.0. The lowest BCUT2D eigenvalue weighted by Gasteiger charge is -2.29. The Morgan fingerprint density at radius 2 is 0.659 bits per heavy atom. The smallest absolute Gasteiger partial charge is 0.268 e. The molecule has 0 aromatic heterocycles. The zero-order chi connectivity index (χ0) is 61.9. The number of nitrogens with one attached hydrogen (secondary N) is 1. The van der Waals surface area contributed by atoms with Gasteiger partial charge in [-0.2, -0.15) is 0 Å². The van der Waals surface area contributed by atoms with Gasteiger partial charge in [0.1, 0.15) is 13.2 Å². The molecule has 3 atom stereocenters. The second-order valence-corrected chi connectivity index (χ2v) is 29.1. The van der Waals surface area contributed by atoms with Crippen LogP contribution in [0.15, 0.2) is 24.3 Å². The van der Waals surface area contributed by atoms with Gasteiger partial charge in [0.25, 0.3) is 7.82 Å². The Kier molecular flexibility index (Phi) is 66.6. The van der Waals surface area contributed by atoms with Gasteiger partial charge in [0.2, 0.25) is 5.91 Å². The number of likely N-dealkylation sites (N-methyl/N-ethyl adjacent to an activating group) is 1. The van der Waals surface area contributed by atoms with Crippen LogP contribution in [0.4, 0.5) is 0 Å². The number of rotatable bonds is 72. The molecule has 3 unspecified atom stereocenters. The van der Waals surface area contributed by atoms with E-state index >= 15 is 0 Å². The number of carbonyl (C=O) groups is 1. The molecule has 1 amide bonds. The van der Waals surface area contributed by atoms with Crippen LogP contribution in [-0.4, -0.2) is 68.5 Å². The van der Waals surface area contributed by atoms with Crippen LogP contribution in [0.25, 0.3) is 0 Å². The first-order chi connectivity index (χ1) is 41.5. The highest BCUT2D eigenvalue weighted by molar-refractivity contribution is 7.45. The summed E-state index contributed by atoms with van der Waals surface area (Å²) in [6.07, 6.45) is 89.2. The first-order valence-electron chi connectivity index (χ1n) is 38.2. The van der Waals surface area contributed by atoms with Gasteiger partial charge >= 0.3 is 0 Å². The number of hydrogen-bond acceptors (Lipinski definition) is 6. The molecule has 0 spiro atoms. The third-order valence-corrected chi connectivity index (χ3v) is 18.9. The minimum atomic E-state index is -4.61. The second kappa shape index (κ2) is 67.4. The van der Waals surface area contributed by atoms with E-state index in [9.17, 15) is 19.4 Å². The van der Waals surface area contributed by atoms with E-state index in [0.717, 1.165) is 38.5 Å². The van der Waals surface area contributed by atoms with Gasteiger partial charge in [0.05, 0.1) is 39.9 Å². The van der Waals surface area contributed by atoms with E-state index in [1.54, 1.807) is 6.08 Å². The van der Waals surface area contributed by atoms with E-state index in [-0.39, 0.29) is 19.1 Å². The predicted molar refractivity (Wildman–Crippen MR) is 372 cm³/mol. The van der Waals surface area contributed by atoms with E-state index in [4.69, 9.17) is 9.05 Å². The monoisotopic (exact) mass is 1220 g/mol. The van der Waals surface area contributed by atoms with Crippen molar-refractivity contribution in [2.75, 3.05) is 40.9 Å². The summed E-state index contributed by atoms with van der Waals surface area (Å²) < 4.78 is 23.5.